The van der Waals surface area contributed by atoms with Gasteiger partial charge in [-0.2, -0.15) is 0 Å². The molecule has 0 atom stereocenters. The normalized spacial score (nSPS) is 14.6. The van der Waals surface area contributed by atoms with Crippen molar-refractivity contribution in [2.45, 2.75) is 13.3 Å². The molecule has 5 nitrogen and oxygen atoms in total. The molecule has 1 aliphatic heterocycles. The number of thiophene rings is 1. The monoisotopic (exact) mass is 362 g/mol. The van der Waals surface area contributed by atoms with Crippen LogP contribution in [0.3, 0.4) is 0 Å². The molecule has 2 heterocycles. The van der Waals surface area contributed by atoms with Crippen LogP contribution >= 0.6 is 11.3 Å². The highest BCUT2D eigenvalue weighted by atomic mass is 32.2. The second-order valence-electron chi connectivity index (χ2n) is 5.73. The molecular weight excluding hydrogens is 344 g/mol. The SMILES string of the molecule is C/C(=C\c1cccs1)C(=O)Nc1ccc2c(c1)CCN2S(C)(=O)=O. The number of fused-ring (bicyclic) bond motifs is 1. The third-order valence-corrected chi connectivity index (χ3v) is 5.85. The highest BCUT2D eigenvalue weighted by molar-refractivity contribution is 7.92. The minimum Gasteiger partial charge on any atom is -0.322 e. The van der Waals surface area contributed by atoms with Crippen LogP contribution in [0.1, 0.15) is 17.4 Å². The smallest absolute Gasteiger partial charge is 0.251 e. The predicted octanol–water partition coefficient (Wildman–Crippen LogP) is 3.11. The molecule has 24 heavy (non-hydrogen) atoms. The molecule has 1 aliphatic rings. The van der Waals surface area contributed by atoms with Gasteiger partial charge >= 0.3 is 0 Å². The maximum Gasteiger partial charge on any atom is 0.251 e. The molecule has 0 fully saturated rings. The van der Waals surface area contributed by atoms with E-state index in [4.69, 9.17) is 0 Å². The number of nitrogens with zero attached hydrogens (tertiary/aromatic N) is 1. The van der Waals surface area contributed by atoms with Crippen molar-refractivity contribution < 1.29 is 13.2 Å². The number of amides is 1. The lowest BCUT2D eigenvalue weighted by molar-refractivity contribution is -0.112. The van der Waals surface area contributed by atoms with Crippen LogP contribution in [0.2, 0.25) is 0 Å². The Morgan fingerprint density at radius 1 is 1.33 bits per heavy atom. The molecule has 1 aromatic heterocycles. The van der Waals surface area contributed by atoms with E-state index in [2.05, 4.69) is 5.32 Å². The van der Waals surface area contributed by atoms with Crippen molar-refractivity contribution in [3.63, 3.8) is 0 Å². The number of rotatable bonds is 4. The van der Waals surface area contributed by atoms with Gasteiger partial charge in [-0.15, -0.1) is 11.3 Å². The van der Waals surface area contributed by atoms with Gasteiger partial charge in [-0.1, -0.05) is 6.07 Å². The van der Waals surface area contributed by atoms with E-state index in [1.807, 2.05) is 29.7 Å². The Bertz CT molecular complexity index is 900. The summed E-state index contributed by atoms with van der Waals surface area (Å²) in [6, 6.07) is 9.22. The molecule has 0 aliphatic carbocycles. The van der Waals surface area contributed by atoms with Gasteiger partial charge in [-0.05, 0) is 54.6 Å². The lowest BCUT2D eigenvalue weighted by atomic mass is 10.1. The van der Waals surface area contributed by atoms with E-state index in [0.29, 0.717) is 29.9 Å². The van der Waals surface area contributed by atoms with E-state index in [-0.39, 0.29) is 5.91 Å². The van der Waals surface area contributed by atoms with Gasteiger partial charge in [0.15, 0.2) is 0 Å². The van der Waals surface area contributed by atoms with Crippen LogP contribution < -0.4 is 9.62 Å². The lowest BCUT2D eigenvalue weighted by Gasteiger charge is -2.16. The number of nitrogens with one attached hydrogen (secondary N) is 1. The van der Waals surface area contributed by atoms with E-state index in [0.717, 1.165) is 10.4 Å². The summed E-state index contributed by atoms with van der Waals surface area (Å²) in [4.78, 5) is 13.3. The molecule has 1 aromatic carbocycles. The van der Waals surface area contributed by atoms with Crippen molar-refractivity contribution in [2.75, 3.05) is 22.4 Å². The van der Waals surface area contributed by atoms with Crippen molar-refractivity contribution in [3.8, 4) is 0 Å². The van der Waals surface area contributed by atoms with Crippen molar-refractivity contribution in [2.24, 2.45) is 0 Å². The van der Waals surface area contributed by atoms with E-state index in [9.17, 15) is 13.2 Å². The van der Waals surface area contributed by atoms with Crippen LogP contribution in [-0.4, -0.2) is 27.1 Å². The number of benzene rings is 1. The lowest BCUT2D eigenvalue weighted by Crippen LogP contribution is -2.27. The largest absolute Gasteiger partial charge is 0.322 e. The molecule has 126 valence electrons. The van der Waals surface area contributed by atoms with Crippen molar-refractivity contribution in [1.82, 2.24) is 0 Å². The van der Waals surface area contributed by atoms with Gasteiger partial charge in [-0.25, -0.2) is 8.42 Å². The van der Waals surface area contributed by atoms with Crippen molar-refractivity contribution >= 4 is 44.7 Å². The molecule has 2 aromatic rings. The third-order valence-electron chi connectivity index (χ3n) is 3.85. The summed E-state index contributed by atoms with van der Waals surface area (Å²) in [6.07, 6.45) is 3.70. The fraction of sp³-hybridized carbons (Fsp3) is 0.235. The van der Waals surface area contributed by atoms with Crippen LogP contribution in [0.25, 0.3) is 6.08 Å². The molecule has 0 radical (unpaired) electrons. The predicted molar refractivity (Wildman–Crippen MR) is 98.9 cm³/mol. The van der Waals surface area contributed by atoms with E-state index < -0.39 is 10.0 Å². The molecule has 3 rings (SSSR count). The Hall–Kier alpha value is -2.12. The first-order chi connectivity index (χ1) is 11.3. The number of carbonyl (C=O) groups is 1. The van der Waals surface area contributed by atoms with Crippen LogP contribution in [0.15, 0.2) is 41.3 Å². The quantitative estimate of drug-likeness (QED) is 0.850. The second-order valence-corrected chi connectivity index (χ2v) is 8.61. The number of carbonyl (C=O) groups excluding carboxylic acids is 1. The number of hydrogen-bond donors (Lipinski definition) is 1. The minimum atomic E-state index is -3.26. The minimum absolute atomic E-state index is 0.165. The highest BCUT2D eigenvalue weighted by Gasteiger charge is 2.26. The summed E-state index contributed by atoms with van der Waals surface area (Å²) in [5, 5.41) is 4.83. The van der Waals surface area contributed by atoms with Crippen LogP contribution in [-0.2, 0) is 21.2 Å². The van der Waals surface area contributed by atoms with Gasteiger partial charge < -0.3 is 5.32 Å². The molecule has 0 saturated heterocycles. The van der Waals surface area contributed by atoms with Crippen molar-refractivity contribution in [1.29, 1.82) is 0 Å². The van der Waals surface area contributed by atoms with Gasteiger partial charge in [0.1, 0.15) is 0 Å². The summed E-state index contributed by atoms with van der Waals surface area (Å²) < 4.78 is 24.9. The number of anilines is 2. The average Bonchev–Trinajstić information content (AvgIpc) is 3.15. The van der Waals surface area contributed by atoms with E-state index in [1.54, 1.807) is 30.4 Å². The van der Waals surface area contributed by atoms with E-state index >= 15 is 0 Å². The molecule has 0 saturated carbocycles. The fourth-order valence-electron chi connectivity index (χ4n) is 2.68. The number of sulfonamides is 1. The highest BCUT2D eigenvalue weighted by Crippen LogP contribution is 2.32. The Morgan fingerprint density at radius 2 is 2.12 bits per heavy atom. The summed E-state index contributed by atoms with van der Waals surface area (Å²) in [5.74, 6) is -0.165. The van der Waals surface area contributed by atoms with Gasteiger partial charge in [0.05, 0.1) is 11.9 Å². The average molecular weight is 362 g/mol. The Morgan fingerprint density at radius 3 is 2.79 bits per heavy atom. The van der Waals surface area contributed by atoms with Gasteiger partial charge in [0.2, 0.25) is 10.0 Å². The van der Waals surface area contributed by atoms with Crippen LogP contribution in [0, 0.1) is 0 Å². The molecular formula is C17H18N2O3S2. The first-order valence-electron chi connectivity index (χ1n) is 7.48. The topological polar surface area (TPSA) is 66.5 Å². The summed E-state index contributed by atoms with van der Waals surface area (Å²) in [7, 11) is -3.26. The van der Waals surface area contributed by atoms with Crippen LogP contribution in [0.5, 0.6) is 0 Å². The zero-order chi connectivity index (χ0) is 17.3. The number of hydrogen-bond acceptors (Lipinski definition) is 4. The zero-order valence-electron chi connectivity index (χ0n) is 13.4. The molecule has 7 heteroatoms. The van der Waals surface area contributed by atoms with Gasteiger partial charge in [-0.3, -0.25) is 9.10 Å². The van der Waals surface area contributed by atoms with Gasteiger partial charge in [0, 0.05) is 22.7 Å². The molecule has 1 amide bonds. The molecule has 1 N–H and O–H groups in total. The first kappa shape index (κ1) is 16.7. The Kier molecular flexibility index (Phi) is 4.47. The first-order valence-corrected chi connectivity index (χ1v) is 10.2. The van der Waals surface area contributed by atoms with Crippen LogP contribution in [0.4, 0.5) is 11.4 Å². The fourth-order valence-corrected chi connectivity index (χ4v) is 4.35. The second kappa shape index (κ2) is 6.41. The maximum atomic E-state index is 12.3. The van der Waals surface area contributed by atoms with Crippen molar-refractivity contribution in [3.05, 3.63) is 51.7 Å². The molecule has 0 spiro atoms. The van der Waals surface area contributed by atoms with Gasteiger partial charge in [0.25, 0.3) is 5.91 Å². The maximum absolute atomic E-state index is 12.3. The van der Waals surface area contributed by atoms with E-state index in [1.165, 1.54) is 10.6 Å². The summed E-state index contributed by atoms with van der Waals surface area (Å²) in [5.41, 5.74) is 2.92. The zero-order valence-corrected chi connectivity index (χ0v) is 15.1. The molecule has 0 unspecified atom stereocenters. The Labute approximate surface area is 145 Å². The molecule has 0 bridgehead atoms. The Balaban J connectivity index is 1.77. The third kappa shape index (κ3) is 3.52. The standard InChI is InChI=1S/C17H18N2O3S2/c1-12(10-15-4-3-9-23-15)17(20)18-14-5-6-16-13(11-14)7-8-19(16)24(2,21)22/h3-6,9-11H,7-8H2,1-2H3,(H,18,20)/b12-10+. The summed E-state index contributed by atoms with van der Waals surface area (Å²) >= 11 is 1.57. The summed E-state index contributed by atoms with van der Waals surface area (Å²) in [6.45, 7) is 2.22.